The van der Waals surface area contributed by atoms with E-state index >= 15 is 0 Å². The highest BCUT2D eigenvalue weighted by Gasteiger charge is 2.53. The molecule has 4 aromatic rings. The first kappa shape index (κ1) is 24.2. The lowest BCUT2D eigenvalue weighted by atomic mass is 9.77. The van der Waals surface area contributed by atoms with E-state index in [9.17, 15) is 4.79 Å². The van der Waals surface area contributed by atoms with Crippen molar-refractivity contribution < 1.29 is 19.0 Å². The molecule has 0 aliphatic carbocycles. The van der Waals surface area contributed by atoms with E-state index in [1.54, 1.807) is 13.2 Å². The number of benzene rings is 4. The number of fused-ring (bicyclic) bond motifs is 6. The highest BCUT2D eigenvalue weighted by molar-refractivity contribution is 6.33. The van der Waals surface area contributed by atoms with Gasteiger partial charge in [0.1, 0.15) is 17.2 Å². The average Bonchev–Trinajstić information content (AvgIpc) is 3.23. The Morgan fingerprint density at radius 1 is 0.895 bits per heavy atom. The maximum Gasteiger partial charge on any atom is 0.340 e. The van der Waals surface area contributed by atoms with Gasteiger partial charge in [0, 0.05) is 53.3 Å². The third-order valence-corrected chi connectivity index (χ3v) is 7.59. The monoisotopic (exact) mass is 526 g/mol. The van der Waals surface area contributed by atoms with Gasteiger partial charge in [-0.15, -0.1) is 0 Å². The van der Waals surface area contributed by atoms with Gasteiger partial charge in [0.2, 0.25) is 0 Å². The van der Waals surface area contributed by atoms with Crippen molar-refractivity contribution in [3.05, 3.63) is 106 Å². The summed E-state index contributed by atoms with van der Waals surface area (Å²) in [4.78, 5) is 15.4. The molecule has 1 atom stereocenters. The van der Waals surface area contributed by atoms with Crippen LogP contribution in [0, 0.1) is 0 Å². The van der Waals surface area contributed by atoms with Gasteiger partial charge in [-0.3, -0.25) is 0 Å². The molecule has 0 saturated heterocycles. The van der Waals surface area contributed by atoms with E-state index in [-0.39, 0.29) is 5.97 Å². The van der Waals surface area contributed by atoms with Gasteiger partial charge in [0.05, 0.1) is 23.4 Å². The fraction of sp³-hybridized carbons (Fsp3) is 0.194. The summed E-state index contributed by atoms with van der Waals surface area (Å²) >= 11 is 6.50. The normalized spacial score (nSPS) is 16.7. The molecule has 0 aromatic heterocycles. The first-order chi connectivity index (χ1) is 18.5. The van der Waals surface area contributed by atoms with Gasteiger partial charge in [0.25, 0.3) is 0 Å². The molecule has 6 rings (SSSR count). The Bertz CT molecular complexity index is 1570. The number of nitrogens with zero attached hydrogens (tertiary/aromatic N) is 1. The van der Waals surface area contributed by atoms with Crippen LogP contribution in [-0.4, -0.2) is 26.2 Å². The summed E-state index contributed by atoms with van der Waals surface area (Å²) in [5.41, 5.74) is 4.31. The minimum atomic E-state index is -1.14. The van der Waals surface area contributed by atoms with Crippen molar-refractivity contribution >= 4 is 34.6 Å². The number of hydrogen-bond donors (Lipinski definition) is 1. The molecule has 4 aromatic carbocycles. The quantitative estimate of drug-likeness (QED) is 0.262. The summed E-state index contributed by atoms with van der Waals surface area (Å²) in [6.45, 7) is 5.99. The van der Waals surface area contributed by atoms with E-state index in [4.69, 9.17) is 25.8 Å². The minimum absolute atomic E-state index is 0.358. The van der Waals surface area contributed by atoms with Crippen molar-refractivity contribution in [3.63, 3.8) is 0 Å². The lowest BCUT2D eigenvalue weighted by Crippen LogP contribution is -2.33. The number of methoxy groups -OCH3 is 1. The number of carbonyl (C=O) groups is 1. The summed E-state index contributed by atoms with van der Waals surface area (Å²) in [7, 11) is 1.60. The maximum atomic E-state index is 13.2. The van der Waals surface area contributed by atoms with Crippen LogP contribution >= 0.6 is 11.6 Å². The Kier molecular flexibility index (Phi) is 5.92. The molecule has 192 valence electrons. The van der Waals surface area contributed by atoms with E-state index in [1.807, 2.05) is 66.7 Å². The van der Waals surface area contributed by atoms with E-state index in [0.717, 1.165) is 46.8 Å². The Balaban J connectivity index is 1.52. The van der Waals surface area contributed by atoms with Gasteiger partial charge in [0.15, 0.2) is 5.60 Å². The molecular formula is C31H27ClN2O4. The van der Waals surface area contributed by atoms with Crippen LogP contribution in [0.4, 0.5) is 17.1 Å². The molecule has 6 nitrogen and oxygen atoms in total. The predicted octanol–water partition coefficient (Wildman–Crippen LogP) is 7.51. The summed E-state index contributed by atoms with van der Waals surface area (Å²) < 4.78 is 18.1. The molecule has 2 aliphatic rings. The summed E-state index contributed by atoms with van der Waals surface area (Å²) in [5, 5.41) is 3.92. The second-order valence-corrected chi connectivity index (χ2v) is 9.66. The number of nitrogens with one attached hydrogen (secondary N) is 1. The number of esters is 1. The first-order valence-electron chi connectivity index (χ1n) is 12.6. The molecule has 2 heterocycles. The van der Waals surface area contributed by atoms with Gasteiger partial charge >= 0.3 is 5.97 Å². The topological polar surface area (TPSA) is 60.0 Å². The van der Waals surface area contributed by atoms with E-state index in [1.165, 1.54) is 0 Å². The highest BCUT2D eigenvalue weighted by Crippen LogP contribution is 2.57. The minimum Gasteiger partial charge on any atom is -0.497 e. The number of halogens is 1. The largest absolute Gasteiger partial charge is 0.497 e. The third-order valence-electron chi connectivity index (χ3n) is 7.28. The van der Waals surface area contributed by atoms with Crippen molar-refractivity contribution in [2.45, 2.75) is 19.4 Å². The lowest BCUT2D eigenvalue weighted by Gasteiger charge is -2.37. The maximum absolute atomic E-state index is 13.2. The summed E-state index contributed by atoms with van der Waals surface area (Å²) in [5.74, 6) is 1.62. The van der Waals surface area contributed by atoms with Crippen molar-refractivity contribution in [3.8, 4) is 17.2 Å². The van der Waals surface area contributed by atoms with Crippen LogP contribution in [0.15, 0.2) is 78.9 Å². The first-order valence-corrected chi connectivity index (χ1v) is 13.0. The molecule has 1 spiro atoms. The molecule has 1 N–H and O–H groups in total. The smallest absolute Gasteiger partial charge is 0.340 e. The van der Waals surface area contributed by atoms with Crippen LogP contribution in [-0.2, 0) is 10.3 Å². The number of anilines is 3. The molecular weight excluding hydrogens is 500 g/mol. The van der Waals surface area contributed by atoms with Crippen LogP contribution in [0.5, 0.6) is 17.2 Å². The summed E-state index contributed by atoms with van der Waals surface area (Å²) in [6, 6.07) is 24.9. The van der Waals surface area contributed by atoms with Crippen molar-refractivity contribution in [2.24, 2.45) is 0 Å². The Labute approximate surface area is 226 Å². The van der Waals surface area contributed by atoms with Crippen LogP contribution < -0.4 is 19.7 Å². The molecule has 1 unspecified atom stereocenters. The lowest BCUT2D eigenvalue weighted by molar-refractivity contribution is 0.0224. The number of rotatable bonds is 6. The van der Waals surface area contributed by atoms with Crippen molar-refractivity contribution in [1.82, 2.24) is 0 Å². The zero-order valence-electron chi connectivity index (χ0n) is 21.4. The summed E-state index contributed by atoms with van der Waals surface area (Å²) in [6.07, 6.45) is 0. The zero-order valence-corrected chi connectivity index (χ0v) is 22.1. The van der Waals surface area contributed by atoms with Gasteiger partial charge in [-0.25, -0.2) is 4.79 Å². The van der Waals surface area contributed by atoms with Gasteiger partial charge in [-0.05, 0) is 62.4 Å². The van der Waals surface area contributed by atoms with Crippen LogP contribution in [0.2, 0.25) is 5.02 Å². The highest BCUT2D eigenvalue weighted by atomic mass is 35.5. The number of hydrogen-bond acceptors (Lipinski definition) is 6. The molecule has 0 amide bonds. The van der Waals surface area contributed by atoms with Gasteiger partial charge < -0.3 is 24.4 Å². The standard InChI is InChI=1S/C31H27ClN2O4/c1-4-34(5-2)20-11-13-24-29(17-20)37-28-15-10-19(33-27-14-12-21(36-3)18-26(27)32)16-25(28)31(24)23-9-7-6-8-22(23)30(35)38-31/h6-18,33H,4-5H2,1-3H3. The van der Waals surface area contributed by atoms with Crippen LogP contribution in [0.3, 0.4) is 0 Å². The van der Waals surface area contributed by atoms with Crippen LogP contribution in [0.25, 0.3) is 0 Å². The molecule has 0 bridgehead atoms. The molecule has 2 aliphatic heterocycles. The second kappa shape index (κ2) is 9.30. The third kappa shape index (κ3) is 3.67. The Morgan fingerprint density at radius 3 is 2.47 bits per heavy atom. The fourth-order valence-electron chi connectivity index (χ4n) is 5.40. The van der Waals surface area contributed by atoms with Gasteiger partial charge in [-0.2, -0.15) is 0 Å². The van der Waals surface area contributed by atoms with Crippen molar-refractivity contribution in [2.75, 3.05) is 30.4 Å². The average molecular weight is 527 g/mol. The molecule has 0 saturated carbocycles. The Morgan fingerprint density at radius 2 is 1.71 bits per heavy atom. The van der Waals surface area contributed by atoms with Gasteiger partial charge in [-0.1, -0.05) is 29.8 Å². The predicted molar refractivity (Wildman–Crippen MR) is 150 cm³/mol. The fourth-order valence-corrected chi connectivity index (χ4v) is 5.62. The zero-order chi connectivity index (χ0) is 26.4. The Hall–Kier alpha value is -4.16. The molecule has 38 heavy (non-hydrogen) atoms. The number of ether oxygens (including phenoxy) is 3. The second-order valence-electron chi connectivity index (χ2n) is 9.25. The molecule has 7 heteroatoms. The SMILES string of the molecule is CCN(CC)c1ccc2c(c1)Oc1ccc(Nc3ccc(OC)cc3Cl)cc1C21OC(=O)c2ccccc21. The number of carbonyl (C=O) groups excluding carboxylic acids is 1. The molecule has 0 fully saturated rings. The van der Waals surface area contributed by atoms with E-state index in [0.29, 0.717) is 27.8 Å². The van der Waals surface area contributed by atoms with Crippen molar-refractivity contribution in [1.29, 1.82) is 0 Å². The van der Waals surface area contributed by atoms with E-state index < -0.39 is 5.60 Å². The van der Waals surface area contributed by atoms with Crippen LogP contribution in [0.1, 0.15) is 40.9 Å². The van der Waals surface area contributed by atoms with E-state index in [2.05, 4.69) is 30.1 Å². The molecule has 0 radical (unpaired) electrons.